The van der Waals surface area contributed by atoms with E-state index in [1.165, 1.54) is 146 Å². The fourth-order valence-corrected chi connectivity index (χ4v) is 25.6. The topological polar surface area (TPSA) is 110 Å². The molecule has 19 aromatic carbocycles. The number of hydrogen-bond acceptors (Lipinski definition) is 8. The van der Waals surface area contributed by atoms with Gasteiger partial charge in [0.1, 0.15) is 11.2 Å². The van der Waals surface area contributed by atoms with Gasteiger partial charge in [-0.05, 0) is 138 Å². The lowest BCUT2D eigenvalue weighted by Gasteiger charge is -2.24. The molecular formula is C135H92N10OS. The number of nitrogens with zero attached hydrogens (tertiary/aromatic N) is 10. The van der Waals surface area contributed by atoms with E-state index in [-0.39, 0.29) is 16.2 Å². The normalized spacial score (nSPS) is 13.4. The Bertz CT molecular complexity index is 9940. The summed E-state index contributed by atoms with van der Waals surface area (Å²) in [5, 5.41) is 14.8. The maximum atomic E-state index is 6.29. The predicted molar refractivity (Wildman–Crippen MR) is 609 cm³/mol. The van der Waals surface area contributed by atoms with Crippen molar-refractivity contribution in [1.29, 1.82) is 0 Å². The Morgan fingerprint density at radius 1 is 0.190 bits per heavy atom. The Morgan fingerprint density at radius 2 is 0.469 bits per heavy atom. The molecule has 0 saturated carbocycles. The van der Waals surface area contributed by atoms with E-state index in [9.17, 15) is 0 Å². The molecule has 0 N–H and O–H groups in total. The average molecular weight is 1900 g/mol. The van der Waals surface area contributed by atoms with Crippen LogP contribution in [0.4, 0.5) is 0 Å². The van der Waals surface area contributed by atoms with Crippen LogP contribution in [-0.2, 0) is 16.2 Å². The molecule has 694 valence electrons. The lowest BCUT2D eigenvalue weighted by molar-refractivity contribution is 0.657. The van der Waals surface area contributed by atoms with Gasteiger partial charge >= 0.3 is 0 Å². The van der Waals surface area contributed by atoms with Gasteiger partial charge in [0.05, 0.1) is 78.3 Å². The number of fused-ring (bicyclic) bond motifs is 27. The summed E-state index contributed by atoms with van der Waals surface area (Å²) in [6.07, 6.45) is 0. The molecule has 0 atom stereocenters. The van der Waals surface area contributed by atoms with Crippen LogP contribution < -0.4 is 0 Å². The van der Waals surface area contributed by atoms with E-state index >= 15 is 0 Å². The number of aromatic nitrogens is 10. The Hall–Kier alpha value is -18.4. The molecule has 9 aromatic heterocycles. The molecule has 28 aromatic rings. The summed E-state index contributed by atoms with van der Waals surface area (Å²) in [6.45, 7) is 13.8. The molecule has 0 amide bonds. The zero-order chi connectivity index (χ0) is 97.8. The Labute approximate surface area is 851 Å². The molecule has 3 aliphatic carbocycles. The van der Waals surface area contributed by atoms with Crippen molar-refractivity contribution in [3.05, 3.63) is 482 Å². The largest absolute Gasteiger partial charge is 0.456 e. The van der Waals surface area contributed by atoms with Gasteiger partial charge in [0.15, 0.2) is 17.5 Å². The molecule has 0 spiro atoms. The molecule has 11 nitrogen and oxygen atoms in total. The minimum absolute atomic E-state index is 0.226. The first kappa shape index (κ1) is 85.4. The molecule has 0 fully saturated rings. The highest BCUT2D eigenvalue weighted by Gasteiger charge is 2.44. The zero-order valence-electron chi connectivity index (χ0n) is 81.5. The van der Waals surface area contributed by atoms with Crippen LogP contribution >= 0.6 is 11.3 Å². The molecule has 0 unspecified atom stereocenters. The van der Waals surface area contributed by atoms with Gasteiger partial charge < -0.3 is 22.7 Å². The van der Waals surface area contributed by atoms with Crippen molar-refractivity contribution in [3.8, 4) is 124 Å². The molecule has 0 aliphatic heterocycles. The van der Waals surface area contributed by atoms with Crippen molar-refractivity contribution in [2.45, 2.75) is 57.8 Å². The van der Waals surface area contributed by atoms with Crippen LogP contribution in [0.1, 0.15) is 74.9 Å². The summed E-state index contributed by atoms with van der Waals surface area (Å²) in [5.74, 6) is 2.25. The number of para-hydroxylation sites is 6. The Morgan fingerprint density at radius 3 is 0.850 bits per heavy atom. The first-order chi connectivity index (χ1) is 72.2. The quantitative estimate of drug-likeness (QED) is 0.134. The van der Waals surface area contributed by atoms with Gasteiger partial charge in [0.2, 0.25) is 0 Å². The number of benzene rings is 19. The summed E-state index contributed by atoms with van der Waals surface area (Å²) in [4.78, 5) is 31.5. The standard InChI is InChI=1S/C49H34N4.C43H29N3O.C43H29N3S/c1-49(2)40-22-12-9-21-37(40)47-45(49)46(50-48(51-47)32-15-5-3-6-16-32)31-25-27-34(28-26-31)53-42-24-14-11-20-36(42)39-29-43-38(30-44(39)53)35-19-10-13-23-41(35)52(43)33-17-7-4-8-18-33;2*1-43(2)34-17-9-6-16-31(34)41-39(43)40(44-42(45-41)27-12-4-3-5-13-27)26-20-22-28(23-21-26)46-35-18-10-7-14-29(35)32-25-38-33(24-36(32)46)30-15-8-11-19-37(30)47-38/h3-30H,1-2H3;2*3-25H,1-2H3. The van der Waals surface area contributed by atoms with Crippen LogP contribution in [0.3, 0.4) is 0 Å². The van der Waals surface area contributed by atoms with E-state index in [2.05, 4.69) is 466 Å². The summed E-state index contributed by atoms with van der Waals surface area (Å²) in [6, 6.07) is 160. The van der Waals surface area contributed by atoms with Crippen LogP contribution in [0.15, 0.2) is 453 Å². The van der Waals surface area contributed by atoms with E-state index in [4.69, 9.17) is 34.3 Å². The van der Waals surface area contributed by atoms with Crippen LogP contribution in [0, 0.1) is 0 Å². The van der Waals surface area contributed by atoms with Crippen molar-refractivity contribution >= 4 is 141 Å². The predicted octanol–water partition coefficient (Wildman–Crippen LogP) is 35.0. The van der Waals surface area contributed by atoms with Crippen molar-refractivity contribution in [2.24, 2.45) is 0 Å². The third-order valence-electron chi connectivity index (χ3n) is 31.3. The highest BCUT2D eigenvalue weighted by atomic mass is 32.1. The van der Waals surface area contributed by atoms with Crippen LogP contribution in [0.25, 0.3) is 254 Å². The van der Waals surface area contributed by atoms with E-state index < -0.39 is 0 Å². The lowest BCUT2D eigenvalue weighted by atomic mass is 9.81. The van der Waals surface area contributed by atoms with Crippen molar-refractivity contribution in [2.75, 3.05) is 0 Å². The first-order valence-electron chi connectivity index (χ1n) is 50.5. The van der Waals surface area contributed by atoms with Gasteiger partial charge in [-0.3, -0.25) is 0 Å². The lowest BCUT2D eigenvalue weighted by Crippen LogP contribution is -2.17. The summed E-state index contributed by atoms with van der Waals surface area (Å²) < 4.78 is 18.5. The van der Waals surface area contributed by atoms with Crippen LogP contribution in [0.2, 0.25) is 0 Å². The second-order valence-corrected chi connectivity index (χ2v) is 41.8. The second kappa shape index (κ2) is 32.8. The smallest absolute Gasteiger partial charge is 0.160 e. The van der Waals surface area contributed by atoms with Gasteiger partial charge in [0, 0.05) is 180 Å². The number of thiophene rings is 1. The van der Waals surface area contributed by atoms with Crippen molar-refractivity contribution in [1.82, 2.24) is 48.2 Å². The number of hydrogen-bond donors (Lipinski definition) is 0. The van der Waals surface area contributed by atoms with E-state index in [0.29, 0.717) is 0 Å². The molecule has 12 heteroatoms. The molecule has 3 aliphatic rings. The highest BCUT2D eigenvalue weighted by Crippen LogP contribution is 2.57. The maximum Gasteiger partial charge on any atom is 0.160 e. The third-order valence-corrected chi connectivity index (χ3v) is 32.4. The SMILES string of the molecule is CC1(C)c2ccccc2-c2nc(-c3ccccc3)nc(-c3ccc(-n4c5ccccc5c5cc6c(cc54)c4ccccc4n6-c4ccccc4)cc3)c21.CC1(C)c2ccccc2-c2nc(-c3ccccc3)nc(-c3ccc(-n4c5ccccc5c5cc6oc7ccccc7c6cc54)cc3)c21.CC1(C)c2ccccc2-c2nc(-c3ccccc3)nc(-c3ccc(-n4c5ccccc5c5cc6sc7ccccc7c6cc54)cc3)c21. The van der Waals surface area contributed by atoms with Crippen molar-refractivity contribution in [3.63, 3.8) is 0 Å². The molecule has 0 bridgehead atoms. The van der Waals surface area contributed by atoms with Crippen LogP contribution in [0.5, 0.6) is 0 Å². The second-order valence-electron chi connectivity index (χ2n) is 40.7. The minimum Gasteiger partial charge on any atom is -0.456 e. The zero-order valence-corrected chi connectivity index (χ0v) is 82.3. The summed E-state index contributed by atoms with van der Waals surface area (Å²) in [7, 11) is 0. The maximum absolute atomic E-state index is 6.29. The molecule has 147 heavy (non-hydrogen) atoms. The average Bonchev–Trinajstić information content (AvgIpc) is 1.56. The van der Waals surface area contributed by atoms with E-state index in [0.717, 1.165) is 141 Å². The van der Waals surface area contributed by atoms with E-state index in [1.807, 2.05) is 53.8 Å². The fraction of sp³-hybridized carbons (Fsp3) is 0.0667. The molecule has 0 saturated heterocycles. The molecule has 0 radical (unpaired) electrons. The van der Waals surface area contributed by atoms with Crippen LogP contribution in [-0.4, -0.2) is 48.2 Å². The summed E-state index contributed by atoms with van der Waals surface area (Å²) >= 11 is 1.87. The third kappa shape index (κ3) is 13.2. The summed E-state index contributed by atoms with van der Waals surface area (Å²) in [5.41, 5.74) is 38.5. The Balaban J connectivity index is 0.000000104. The molecular weight excluding hydrogens is 1810 g/mol. The monoisotopic (exact) mass is 1900 g/mol. The Kier molecular flexibility index (Phi) is 19.1. The molecule has 31 rings (SSSR count). The van der Waals surface area contributed by atoms with Gasteiger partial charge in [0.25, 0.3) is 0 Å². The molecule has 9 heterocycles. The van der Waals surface area contributed by atoms with Gasteiger partial charge in [-0.1, -0.05) is 369 Å². The van der Waals surface area contributed by atoms with Gasteiger partial charge in [-0.25, -0.2) is 29.9 Å². The van der Waals surface area contributed by atoms with Gasteiger partial charge in [-0.2, -0.15) is 0 Å². The first-order valence-corrected chi connectivity index (χ1v) is 51.3. The highest BCUT2D eigenvalue weighted by molar-refractivity contribution is 7.25. The number of furan rings is 1. The van der Waals surface area contributed by atoms with E-state index in [1.54, 1.807) is 0 Å². The van der Waals surface area contributed by atoms with Gasteiger partial charge in [-0.15, -0.1) is 11.3 Å². The number of rotatable bonds is 10. The van der Waals surface area contributed by atoms with Crippen molar-refractivity contribution < 1.29 is 4.42 Å². The minimum atomic E-state index is -0.244. The fourth-order valence-electron chi connectivity index (χ4n) is 24.4.